The fourth-order valence-electron chi connectivity index (χ4n) is 1.91. The summed E-state index contributed by atoms with van der Waals surface area (Å²) in [5, 5.41) is 8.73. The summed E-state index contributed by atoms with van der Waals surface area (Å²) in [4.78, 5) is 28.6. The van der Waals surface area contributed by atoms with E-state index < -0.39 is 11.8 Å². The summed E-state index contributed by atoms with van der Waals surface area (Å²) in [6.45, 7) is 4.07. The van der Waals surface area contributed by atoms with Gasteiger partial charge < -0.3 is 20.6 Å². The summed E-state index contributed by atoms with van der Waals surface area (Å²) in [6.07, 6.45) is 0. The first-order chi connectivity index (χ1) is 8.60. The van der Waals surface area contributed by atoms with E-state index in [1.54, 1.807) is 4.90 Å². The zero-order chi connectivity index (χ0) is 13.5. The summed E-state index contributed by atoms with van der Waals surface area (Å²) in [6, 6.07) is 0. The van der Waals surface area contributed by atoms with E-state index in [1.165, 1.54) is 11.9 Å². The predicted molar refractivity (Wildman–Crippen MR) is 66.8 cm³/mol. The van der Waals surface area contributed by atoms with Crippen LogP contribution in [0.5, 0.6) is 0 Å². The third-order valence-corrected chi connectivity index (χ3v) is 3.07. The second-order valence-corrected chi connectivity index (χ2v) is 4.37. The molecular weight excluding hydrogens is 236 g/mol. The highest BCUT2D eigenvalue weighted by molar-refractivity contribution is 6.34. The maximum absolute atomic E-state index is 11.9. The Labute approximate surface area is 107 Å². The van der Waals surface area contributed by atoms with Gasteiger partial charge in [0.15, 0.2) is 0 Å². The average Bonchev–Trinajstić information content (AvgIpc) is 2.38. The quantitative estimate of drug-likeness (QED) is 0.546. The van der Waals surface area contributed by atoms with Gasteiger partial charge in [-0.3, -0.25) is 14.5 Å². The normalized spacial score (nSPS) is 16.7. The van der Waals surface area contributed by atoms with Crippen molar-refractivity contribution in [2.75, 3.05) is 59.5 Å². The van der Waals surface area contributed by atoms with Crippen LogP contribution < -0.4 is 5.73 Å². The van der Waals surface area contributed by atoms with Crippen LogP contribution in [0, 0.1) is 0 Å². The monoisotopic (exact) mass is 258 g/mol. The lowest BCUT2D eigenvalue weighted by molar-refractivity contribution is -0.152. The lowest BCUT2D eigenvalue weighted by Crippen LogP contribution is -2.53. The lowest BCUT2D eigenvalue weighted by Gasteiger charge is -2.34. The van der Waals surface area contributed by atoms with E-state index >= 15 is 0 Å². The van der Waals surface area contributed by atoms with Crippen molar-refractivity contribution in [3.63, 3.8) is 0 Å². The third kappa shape index (κ3) is 3.94. The average molecular weight is 258 g/mol. The number of carbonyl (C=O) groups excluding carboxylic acids is 2. The van der Waals surface area contributed by atoms with Crippen LogP contribution in [0.15, 0.2) is 0 Å². The number of carbonyl (C=O) groups is 2. The molecule has 104 valence electrons. The summed E-state index contributed by atoms with van der Waals surface area (Å²) in [7, 11) is 1.52. The minimum absolute atomic E-state index is 0.139. The van der Waals surface area contributed by atoms with Gasteiger partial charge in [-0.2, -0.15) is 0 Å². The molecule has 0 aromatic heterocycles. The first kappa shape index (κ1) is 14.9. The van der Waals surface area contributed by atoms with Gasteiger partial charge in [-0.1, -0.05) is 0 Å². The molecule has 0 atom stereocenters. The van der Waals surface area contributed by atoms with E-state index in [0.29, 0.717) is 19.6 Å². The van der Waals surface area contributed by atoms with Crippen molar-refractivity contribution < 1.29 is 14.7 Å². The maximum Gasteiger partial charge on any atom is 0.312 e. The number of piperazine rings is 1. The highest BCUT2D eigenvalue weighted by atomic mass is 16.3. The molecule has 0 aromatic carbocycles. The van der Waals surface area contributed by atoms with Crippen molar-refractivity contribution in [2.45, 2.75) is 0 Å². The molecule has 1 fully saturated rings. The van der Waals surface area contributed by atoms with Gasteiger partial charge in [-0.15, -0.1) is 0 Å². The number of rotatable bonds is 4. The maximum atomic E-state index is 11.9. The number of amides is 2. The van der Waals surface area contributed by atoms with Gasteiger partial charge in [-0.25, -0.2) is 0 Å². The fraction of sp³-hybridized carbons (Fsp3) is 0.818. The van der Waals surface area contributed by atoms with E-state index in [1.807, 2.05) is 0 Å². The fourth-order valence-corrected chi connectivity index (χ4v) is 1.91. The van der Waals surface area contributed by atoms with Gasteiger partial charge in [-0.05, 0) is 0 Å². The number of nitrogens with two attached hydrogens (primary N) is 1. The smallest absolute Gasteiger partial charge is 0.312 e. The van der Waals surface area contributed by atoms with Crippen LogP contribution in [0.2, 0.25) is 0 Å². The molecule has 2 amide bonds. The Kier molecular flexibility index (Phi) is 6.03. The van der Waals surface area contributed by atoms with Crippen LogP contribution in [-0.4, -0.2) is 91.1 Å². The number of aliphatic hydroxyl groups excluding tert-OH is 1. The topological polar surface area (TPSA) is 90.1 Å². The Morgan fingerprint density at radius 2 is 1.89 bits per heavy atom. The van der Waals surface area contributed by atoms with Crippen LogP contribution >= 0.6 is 0 Å². The van der Waals surface area contributed by atoms with Crippen molar-refractivity contribution in [2.24, 2.45) is 5.73 Å². The molecule has 1 saturated heterocycles. The van der Waals surface area contributed by atoms with Gasteiger partial charge in [0, 0.05) is 52.9 Å². The SMILES string of the molecule is CN(CCO)C(=O)C(=O)N1CCN(CCN)CC1. The molecule has 0 aromatic rings. The summed E-state index contributed by atoms with van der Waals surface area (Å²) in [5.74, 6) is -1.05. The zero-order valence-electron chi connectivity index (χ0n) is 10.8. The van der Waals surface area contributed by atoms with Crippen molar-refractivity contribution in [3.05, 3.63) is 0 Å². The summed E-state index contributed by atoms with van der Waals surface area (Å²) < 4.78 is 0. The number of hydrogen-bond donors (Lipinski definition) is 2. The van der Waals surface area contributed by atoms with Gasteiger partial charge in [0.25, 0.3) is 0 Å². The predicted octanol–water partition coefficient (Wildman–Crippen LogP) is -2.46. The molecule has 18 heavy (non-hydrogen) atoms. The van der Waals surface area contributed by atoms with Crippen molar-refractivity contribution in [3.8, 4) is 0 Å². The Morgan fingerprint density at radius 3 is 2.39 bits per heavy atom. The summed E-state index contributed by atoms with van der Waals surface area (Å²) >= 11 is 0. The Bertz CT molecular complexity index is 290. The minimum atomic E-state index is -0.559. The van der Waals surface area contributed by atoms with Crippen molar-refractivity contribution in [1.29, 1.82) is 0 Å². The van der Waals surface area contributed by atoms with E-state index in [-0.39, 0.29) is 13.2 Å². The number of likely N-dealkylation sites (N-methyl/N-ethyl adjacent to an activating group) is 1. The molecule has 0 spiro atoms. The first-order valence-corrected chi connectivity index (χ1v) is 6.17. The number of aliphatic hydroxyl groups is 1. The highest BCUT2D eigenvalue weighted by Gasteiger charge is 2.27. The minimum Gasteiger partial charge on any atom is -0.395 e. The van der Waals surface area contributed by atoms with Crippen molar-refractivity contribution in [1.82, 2.24) is 14.7 Å². The molecule has 7 nitrogen and oxygen atoms in total. The largest absolute Gasteiger partial charge is 0.395 e. The third-order valence-electron chi connectivity index (χ3n) is 3.07. The van der Waals surface area contributed by atoms with Crippen LogP contribution in [0.4, 0.5) is 0 Å². The molecule has 1 rings (SSSR count). The first-order valence-electron chi connectivity index (χ1n) is 6.17. The highest BCUT2D eigenvalue weighted by Crippen LogP contribution is 2.03. The zero-order valence-corrected chi connectivity index (χ0v) is 10.8. The summed E-state index contributed by atoms with van der Waals surface area (Å²) in [5.41, 5.74) is 5.47. The Hall–Kier alpha value is -1.18. The molecule has 0 radical (unpaired) electrons. The second-order valence-electron chi connectivity index (χ2n) is 4.37. The molecule has 0 saturated carbocycles. The molecular formula is C11H22N4O3. The molecule has 1 heterocycles. The van der Waals surface area contributed by atoms with Crippen LogP contribution in [0.3, 0.4) is 0 Å². The molecule has 1 aliphatic heterocycles. The second kappa shape index (κ2) is 7.30. The molecule has 0 bridgehead atoms. The molecule has 7 heteroatoms. The van der Waals surface area contributed by atoms with E-state index in [0.717, 1.165) is 19.6 Å². The lowest BCUT2D eigenvalue weighted by atomic mass is 10.3. The number of nitrogens with zero attached hydrogens (tertiary/aromatic N) is 3. The van der Waals surface area contributed by atoms with Crippen molar-refractivity contribution >= 4 is 11.8 Å². The van der Waals surface area contributed by atoms with Crippen LogP contribution in [0.25, 0.3) is 0 Å². The van der Waals surface area contributed by atoms with Gasteiger partial charge in [0.2, 0.25) is 0 Å². The van der Waals surface area contributed by atoms with Gasteiger partial charge >= 0.3 is 11.8 Å². The van der Waals surface area contributed by atoms with E-state index in [9.17, 15) is 9.59 Å². The van der Waals surface area contributed by atoms with E-state index in [2.05, 4.69) is 4.90 Å². The van der Waals surface area contributed by atoms with Gasteiger partial charge in [0.1, 0.15) is 0 Å². The van der Waals surface area contributed by atoms with E-state index in [4.69, 9.17) is 10.8 Å². The van der Waals surface area contributed by atoms with Crippen LogP contribution in [0.1, 0.15) is 0 Å². The standard InChI is InChI=1S/C11H22N4O3/c1-13(8-9-16)10(17)11(18)15-6-4-14(3-2-12)5-7-15/h16H,2-9,12H2,1H3. The molecule has 1 aliphatic rings. The Balaban J connectivity index is 2.42. The van der Waals surface area contributed by atoms with Crippen LogP contribution in [-0.2, 0) is 9.59 Å². The van der Waals surface area contributed by atoms with Gasteiger partial charge in [0.05, 0.1) is 6.61 Å². The molecule has 0 aliphatic carbocycles. The Morgan fingerprint density at radius 1 is 1.28 bits per heavy atom. The number of hydrogen-bond acceptors (Lipinski definition) is 5. The molecule has 0 unspecified atom stereocenters. The molecule has 3 N–H and O–H groups in total.